The molecular weight excluding hydrogens is 225 g/mol. The third kappa shape index (κ3) is 2.92. The molecule has 0 heterocycles. The van der Waals surface area contributed by atoms with Crippen molar-refractivity contribution in [2.24, 2.45) is 0 Å². The highest BCUT2D eigenvalue weighted by molar-refractivity contribution is 5.35. The molecule has 0 bridgehead atoms. The van der Waals surface area contributed by atoms with Crippen LogP contribution in [0.5, 0.6) is 0 Å². The summed E-state index contributed by atoms with van der Waals surface area (Å²) in [7, 11) is 0. The molecule has 0 saturated heterocycles. The van der Waals surface area contributed by atoms with Gasteiger partial charge in [-0.15, -0.1) is 0 Å². The van der Waals surface area contributed by atoms with Gasteiger partial charge >= 0.3 is 0 Å². The first-order valence-electron chi connectivity index (χ1n) is 7.11. The van der Waals surface area contributed by atoms with Crippen LogP contribution in [0, 0.1) is 19.7 Å². The zero-order valence-corrected chi connectivity index (χ0v) is 11.7. The molecule has 2 rings (SSSR count). The van der Waals surface area contributed by atoms with Crippen LogP contribution in [0.15, 0.2) is 12.1 Å². The van der Waals surface area contributed by atoms with E-state index in [1.165, 1.54) is 12.8 Å². The first-order valence-corrected chi connectivity index (χ1v) is 7.11. The number of rotatable bonds is 4. The van der Waals surface area contributed by atoms with Crippen molar-refractivity contribution >= 4 is 0 Å². The molecular formula is C16H24FN. The van der Waals surface area contributed by atoms with Gasteiger partial charge in [0.2, 0.25) is 0 Å². The van der Waals surface area contributed by atoms with Gasteiger partial charge in [-0.05, 0) is 74.8 Å². The lowest BCUT2D eigenvalue weighted by Crippen LogP contribution is -2.26. The Bertz CT molecular complexity index is 391. The number of benzene rings is 1. The molecule has 1 fully saturated rings. The number of nitrogens with one attached hydrogen (secondary N) is 1. The lowest BCUT2D eigenvalue weighted by molar-refractivity contribution is 0.511. The molecule has 1 N–H and O–H groups in total. The monoisotopic (exact) mass is 249 g/mol. The highest BCUT2D eigenvalue weighted by atomic mass is 19.1. The van der Waals surface area contributed by atoms with E-state index in [-0.39, 0.29) is 5.82 Å². The summed E-state index contributed by atoms with van der Waals surface area (Å²) in [4.78, 5) is 0. The van der Waals surface area contributed by atoms with Crippen LogP contribution in [-0.2, 0) is 0 Å². The van der Waals surface area contributed by atoms with Gasteiger partial charge in [-0.3, -0.25) is 0 Å². The van der Waals surface area contributed by atoms with Crippen molar-refractivity contribution in [2.75, 3.05) is 6.54 Å². The van der Waals surface area contributed by atoms with Crippen LogP contribution in [0.4, 0.5) is 4.39 Å². The molecule has 1 aliphatic carbocycles. The minimum absolute atomic E-state index is 0.00589. The molecule has 2 heteroatoms. The number of halogens is 1. The van der Waals surface area contributed by atoms with Crippen molar-refractivity contribution < 1.29 is 4.39 Å². The summed E-state index contributed by atoms with van der Waals surface area (Å²) in [6.07, 6.45) is 4.54. The summed E-state index contributed by atoms with van der Waals surface area (Å²) in [6.45, 7) is 7.26. The summed E-state index contributed by atoms with van der Waals surface area (Å²) >= 11 is 0. The average molecular weight is 249 g/mol. The van der Waals surface area contributed by atoms with E-state index in [1.807, 2.05) is 13.8 Å². The summed E-state index contributed by atoms with van der Waals surface area (Å²) < 4.78 is 14.1. The van der Waals surface area contributed by atoms with E-state index in [0.29, 0.717) is 12.0 Å². The predicted molar refractivity (Wildman–Crippen MR) is 74.5 cm³/mol. The van der Waals surface area contributed by atoms with Crippen molar-refractivity contribution in [1.29, 1.82) is 0 Å². The maximum Gasteiger partial charge on any atom is 0.127 e. The Balaban J connectivity index is 2.09. The number of aryl methyl sites for hydroxylation is 2. The molecule has 18 heavy (non-hydrogen) atoms. The maximum atomic E-state index is 14.1. The standard InChI is InChI=1S/C16H24FN/c1-4-7-18-14-6-5-13(10-14)16-12(3)8-11(2)9-15(16)17/h8-9,13-14,18H,4-7,10H2,1-3H3. The molecule has 1 saturated carbocycles. The van der Waals surface area contributed by atoms with E-state index in [4.69, 9.17) is 0 Å². The van der Waals surface area contributed by atoms with E-state index in [9.17, 15) is 4.39 Å². The zero-order chi connectivity index (χ0) is 13.1. The van der Waals surface area contributed by atoms with Crippen molar-refractivity contribution in [3.63, 3.8) is 0 Å². The van der Waals surface area contributed by atoms with Gasteiger partial charge in [-0.25, -0.2) is 4.39 Å². The van der Waals surface area contributed by atoms with Crippen molar-refractivity contribution in [2.45, 2.75) is 58.4 Å². The summed E-state index contributed by atoms with van der Waals surface area (Å²) in [6, 6.07) is 4.36. The van der Waals surface area contributed by atoms with Crippen LogP contribution in [0.3, 0.4) is 0 Å². The Morgan fingerprint density at radius 2 is 2.06 bits per heavy atom. The molecule has 0 amide bonds. The maximum absolute atomic E-state index is 14.1. The van der Waals surface area contributed by atoms with Gasteiger partial charge in [0.1, 0.15) is 5.82 Å². The second-order valence-corrected chi connectivity index (χ2v) is 5.64. The highest BCUT2D eigenvalue weighted by Gasteiger charge is 2.28. The molecule has 1 aromatic carbocycles. The Morgan fingerprint density at radius 3 is 2.72 bits per heavy atom. The summed E-state index contributed by atoms with van der Waals surface area (Å²) in [5, 5.41) is 3.56. The van der Waals surface area contributed by atoms with E-state index < -0.39 is 0 Å². The largest absolute Gasteiger partial charge is 0.314 e. The molecule has 2 atom stereocenters. The first-order chi connectivity index (χ1) is 8.61. The van der Waals surface area contributed by atoms with Crippen molar-refractivity contribution in [1.82, 2.24) is 5.32 Å². The van der Waals surface area contributed by atoms with Gasteiger partial charge in [-0.2, -0.15) is 0 Å². The van der Waals surface area contributed by atoms with Crippen LogP contribution in [-0.4, -0.2) is 12.6 Å². The predicted octanol–water partition coefficient (Wildman–Crippen LogP) is 4.08. The van der Waals surface area contributed by atoms with E-state index >= 15 is 0 Å². The Labute approximate surface area is 110 Å². The smallest absolute Gasteiger partial charge is 0.127 e. The second kappa shape index (κ2) is 5.83. The SMILES string of the molecule is CCCNC1CCC(c2c(C)cc(C)cc2F)C1. The first kappa shape index (κ1) is 13.5. The fraction of sp³-hybridized carbons (Fsp3) is 0.625. The van der Waals surface area contributed by atoms with Crippen molar-refractivity contribution in [3.05, 3.63) is 34.6 Å². The Morgan fingerprint density at radius 1 is 1.28 bits per heavy atom. The second-order valence-electron chi connectivity index (χ2n) is 5.64. The molecule has 1 nitrogen and oxygen atoms in total. The lowest BCUT2D eigenvalue weighted by atomic mass is 9.91. The van der Waals surface area contributed by atoms with Gasteiger partial charge in [-0.1, -0.05) is 13.0 Å². The van der Waals surface area contributed by atoms with Crippen LogP contribution >= 0.6 is 0 Å². The molecule has 0 aliphatic heterocycles. The lowest BCUT2D eigenvalue weighted by Gasteiger charge is -2.16. The quantitative estimate of drug-likeness (QED) is 0.848. The van der Waals surface area contributed by atoms with Crippen LogP contribution in [0.25, 0.3) is 0 Å². The van der Waals surface area contributed by atoms with Crippen LogP contribution in [0.2, 0.25) is 0 Å². The van der Waals surface area contributed by atoms with Crippen LogP contribution in [0.1, 0.15) is 55.2 Å². The van der Waals surface area contributed by atoms with Gasteiger partial charge in [0.25, 0.3) is 0 Å². The third-order valence-corrected chi connectivity index (χ3v) is 4.00. The molecule has 1 aliphatic rings. The van der Waals surface area contributed by atoms with E-state index in [0.717, 1.165) is 36.1 Å². The Hall–Kier alpha value is -0.890. The summed E-state index contributed by atoms with van der Waals surface area (Å²) in [5.74, 6) is 0.397. The van der Waals surface area contributed by atoms with Crippen molar-refractivity contribution in [3.8, 4) is 0 Å². The third-order valence-electron chi connectivity index (χ3n) is 4.00. The fourth-order valence-electron chi connectivity index (χ4n) is 3.22. The van der Waals surface area contributed by atoms with Gasteiger partial charge < -0.3 is 5.32 Å². The Kier molecular flexibility index (Phi) is 4.39. The van der Waals surface area contributed by atoms with Gasteiger partial charge in [0.05, 0.1) is 0 Å². The highest BCUT2D eigenvalue weighted by Crippen LogP contribution is 2.37. The molecule has 1 aromatic rings. The molecule has 0 aromatic heterocycles. The van der Waals surface area contributed by atoms with Gasteiger partial charge in [0.15, 0.2) is 0 Å². The molecule has 0 radical (unpaired) electrons. The van der Waals surface area contributed by atoms with E-state index in [2.05, 4.69) is 18.3 Å². The normalized spacial score (nSPS) is 23.6. The van der Waals surface area contributed by atoms with Crippen LogP contribution < -0.4 is 5.32 Å². The fourth-order valence-corrected chi connectivity index (χ4v) is 3.22. The van der Waals surface area contributed by atoms with Gasteiger partial charge in [0, 0.05) is 6.04 Å². The van der Waals surface area contributed by atoms with E-state index in [1.54, 1.807) is 6.07 Å². The molecule has 2 unspecified atom stereocenters. The summed E-state index contributed by atoms with van der Waals surface area (Å²) in [5.41, 5.74) is 3.10. The number of hydrogen-bond donors (Lipinski definition) is 1. The molecule has 0 spiro atoms. The minimum Gasteiger partial charge on any atom is -0.314 e. The molecule has 100 valence electrons. The average Bonchev–Trinajstić information content (AvgIpc) is 2.73. The number of hydrogen-bond acceptors (Lipinski definition) is 1. The topological polar surface area (TPSA) is 12.0 Å². The minimum atomic E-state index is -0.00589. The zero-order valence-electron chi connectivity index (χ0n) is 11.7.